The van der Waals surface area contributed by atoms with Crippen molar-refractivity contribution in [1.29, 1.82) is 0 Å². The van der Waals surface area contributed by atoms with Gasteiger partial charge in [-0.15, -0.1) is 0 Å². The van der Waals surface area contributed by atoms with Crippen molar-refractivity contribution in [2.75, 3.05) is 13.2 Å². The van der Waals surface area contributed by atoms with Gasteiger partial charge in [-0.2, -0.15) is 0 Å². The minimum absolute atomic E-state index is 0.197. The van der Waals surface area contributed by atoms with Gasteiger partial charge in [0, 0.05) is 6.42 Å². The van der Waals surface area contributed by atoms with Gasteiger partial charge in [-0.05, 0) is 17.7 Å². The summed E-state index contributed by atoms with van der Waals surface area (Å²) in [6.07, 6.45) is -0.373. The van der Waals surface area contributed by atoms with Gasteiger partial charge in [-0.1, -0.05) is 47.6 Å². The summed E-state index contributed by atoms with van der Waals surface area (Å²) in [6.45, 7) is 0.752. The first-order valence-corrected chi connectivity index (χ1v) is 8.24. The fraction of sp³-hybridized carbons (Fsp3) is 0.263. The molecule has 0 aromatic heterocycles. The Morgan fingerprint density at radius 1 is 1.08 bits per heavy atom. The van der Waals surface area contributed by atoms with E-state index in [-0.39, 0.29) is 12.0 Å². The highest BCUT2D eigenvalue weighted by Crippen LogP contribution is 2.30. The molecule has 0 saturated carbocycles. The minimum atomic E-state index is -0.605. The Bertz CT molecular complexity index is 791. The molecule has 2 atom stereocenters. The minimum Gasteiger partial charge on any atom is -0.486 e. The summed E-state index contributed by atoms with van der Waals surface area (Å²) < 4.78 is 11.5. The molecule has 2 aliphatic heterocycles. The molecule has 1 N–H and O–H groups in total. The van der Waals surface area contributed by atoms with Crippen LogP contribution in [-0.4, -0.2) is 37.0 Å². The van der Waals surface area contributed by atoms with E-state index in [0.29, 0.717) is 25.3 Å². The summed E-state index contributed by atoms with van der Waals surface area (Å²) in [5.74, 6) is 1.22. The first-order valence-electron chi connectivity index (χ1n) is 8.24. The number of carbonyl (C=O) groups excluding carboxylic acids is 1. The van der Waals surface area contributed by atoms with E-state index in [2.05, 4.69) is 10.5 Å². The molecule has 4 rings (SSSR count). The average Bonchev–Trinajstić information content (AvgIpc) is 3.17. The molecule has 2 aromatic carbocycles. The Kier molecular flexibility index (Phi) is 4.24. The molecule has 2 aromatic rings. The number of rotatable bonds is 4. The number of benzene rings is 2. The number of hydrogen-bond acceptors (Lipinski definition) is 5. The molecule has 0 aliphatic carbocycles. The fourth-order valence-corrected chi connectivity index (χ4v) is 2.81. The Labute approximate surface area is 145 Å². The van der Waals surface area contributed by atoms with E-state index in [1.807, 2.05) is 54.6 Å². The molecule has 6 nitrogen and oxygen atoms in total. The van der Waals surface area contributed by atoms with E-state index in [1.54, 1.807) is 0 Å². The molecule has 1 amide bonds. The number of oxime groups is 1. The lowest BCUT2D eigenvalue weighted by molar-refractivity contribution is -0.131. The number of para-hydroxylation sites is 2. The molecule has 0 spiro atoms. The van der Waals surface area contributed by atoms with Gasteiger partial charge in [0.25, 0.3) is 5.91 Å². The number of carbonyl (C=O) groups is 1. The Morgan fingerprint density at radius 2 is 1.84 bits per heavy atom. The first kappa shape index (κ1) is 15.5. The molecular weight excluding hydrogens is 320 g/mol. The highest BCUT2D eigenvalue weighted by molar-refractivity contribution is 6.04. The highest BCUT2D eigenvalue weighted by Gasteiger charge is 2.30. The van der Waals surface area contributed by atoms with Crippen molar-refractivity contribution in [1.82, 2.24) is 5.32 Å². The summed E-state index contributed by atoms with van der Waals surface area (Å²) in [5, 5.41) is 6.89. The third-order valence-corrected chi connectivity index (χ3v) is 4.14. The van der Waals surface area contributed by atoms with E-state index in [0.717, 1.165) is 17.0 Å². The van der Waals surface area contributed by atoms with Crippen LogP contribution in [0.3, 0.4) is 0 Å². The van der Waals surface area contributed by atoms with Gasteiger partial charge in [0.2, 0.25) is 6.10 Å². The van der Waals surface area contributed by atoms with Crippen molar-refractivity contribution >= 4 is 11.6 Å². The summed E-state index contributed by atoms with van der Waals surface area (Å²) in [6, 6.07) is 17.2. The largest absolute Gasteiger partial charge is 0.486 e. The predicted molar refractivity (Wildman–Crippen MR) is 91.8 cm³/mol. The molecule has 0 saturated heterocycles. The summed E-state index contributed by atoms with van der Waals surface area (Å²) in [7, 11) is 0. The van der Waals surface area contributed by atoms with E-state index in [9.17, 15) is 4.79 Å². The summed E-state index contributed by atoms with van der Waals surface area (Å²) in [5.41, 5.74) is 1.75. The van der Waals surface area contributed by atoms with E-state index < -0.39 is 6.10 Å². The molecular formula is C19H18N2O4. The van der Waals surface area contributed by atoms with Crippen molar-refractivity contribution < 1.29 is 19.1 Å². The van der Waals surface area contributed by atoms with Crippen LogP contribution in [0.15, 0.2) is 59.8 Å². The molecule has 0 fully saturated rings. The van der Waals surface area contributed by atoms with E-state index in [1.165, 1.54) is 0 Å². The maximum atomic E-state index is 12.3. The van der Waals surface area contributed by atoms with Crippen LogP contribution in [0.2, 0.25) is 0 Å². The van der Waals surface area contributed by atoms with Crippen LogP contribution in [0.25, 0.3) is 0 Å². The summed E-state index contributed by atoms with van der Waals surface area (Å²) >= 11 is 0. The van der Waals surface area contributed by atoms with Gasteiger partial charge in [0.05, 0.1) is 12.3 Å². The second kappa shape index (κ2) is 6.84. The number of nitrogens with zero attached hydrogens (tertiary/aromatic N) is 1. The topological polar surface area (TPSA) is 69.2 Å². The van der Waals surface area contributed by atoms with Crippen molar-refractivity contribution in [3.05, 3.63) is 60.2 Å². The first-order chi connectivity index (χ1) is 12.3. The quantitative estimate of drug-likeness (QED) is 0.927. The number of hydrogen-bond donors (Lipinski definition) is 1. The van der Waals surface area contributed by atoms with Crippen LogP contribution < -0.4 is 14.8 Å². The fourth-order valence-electron chi connectivity index (χ4n) is 2.81. The zero-order chi connectivity index (χ0) is 17.1. The van der Waals surface area contributed by atoms with Crippen molar-refractivity contribution in [3.8, 4) is 11.5 Å². The van der Waals surface area contributed by atoms with E-state index in [4.69, 9.17) is 14.3 Å². The molecule has 25 heavy (non-hydrogen) atoms. The zero-order valence-corrected chi connectivity index (χ0v) is 13.6. The van der Waals surface area contributed by atoms with Crippen LogP contribution in [0, 0.1) is 0 Å². The monoisotopic (exact) mass is 338 g/mol. The third-order valence-electron chi connectivity index (χ3n) is 4.14. The molecule has 6 heteroatoms. The van der Waals surface area contributed by atoms with Crippen LogP contribution in [0.5, 0.6) is 11.5 Å². The zero-order valence-electron chi connectivity index (χ0n) is 13.6. The Hall–Kier alpha value is -3.02. The lowest BCUT2D eigenvalue weighted by Gasteiger charge is -2.26. The maximum absolute atomic E-state index is 12.3. The second-order valence-electron chi connectivity index (χ2n) is 5.94. The lowest BCUT2D eigenvalue weighted by Crippen LogP contribution is -2.44. The lowest BCUT2D eigenvalue weighted by atomic mass is 10.0. The van der Waals surface area contributed by atoms with Crippen LogP contribution in [0.1, 0.15) is 12.0 Å². The average molecular weight is 338 g/mol. The SMILES string of the molecule is O=C(NCC1COc2ccccc2O1)C1CC(c2ccccc2)=NO1. The number of fused-ring (bicyclic) bond motifs is 1. The molecule has 2 heterocycles. The number of ether oxygens (including phenoxy) is 2. The van der Waals surface area contributed by atoms with E-state index >= 15 is 0 Å². The third kappa shape index (κ3) is 3.42. The van der Waals surface area contributed by atoms with Gasteiger partial charge < -0.3 is 19.6 Å². The predicted octanol–water partition coefficient (Wildman–Crippen LogP) is 2.14. The van der Waals surface area contributed by atoms with Gasteiger partial charge in [-0.3, -0.25) is 4.79 Å². The molecule has 0 radical (unpaired) electrons. The highest BCUT2D eigenvalue weighted by atomic mass is 16.6. The standard InChI is InChI=1S/C19H18N2O4/c22-19(18-10-15(21-25-18)13-6-2-1-3-7-13)20-11-14-12-23-16-8-4-5-9-17(16)24-14/h1-9,14,18H,10-12H2,(H,20,22). The van der Waals surface area contributed by atoms with Crippen molar-refractivity contribution in [3.63, 3.8) is 0 Å². The number of nitrogens with one attached hydrogen (secondary N) is 1. The smallest absolute Gasteiger partial charge is 0.264 e. The summed E-state index contributed by atoms with van der Waals surface area (Å²) in [4.78, 5) is 17.6. The van der Waals surface area contributed by atoms with Crippen LogP contribution in [-0.2, 0) is 9.63 Å². The van der Waals surface area contributed by atoms with Crippen LogP contribution in [0.4, 0.5) is 0 Å². The Balaban J connectivity index is 1.28. The van der Waals surface area contributed by atoms with Gasteiger partial charge >= 0.3 is 0 Å². The second-order valence-corrected chi connectivity index (χ2v) is 5.94. The molecule has 0 bridgehead atoms. The van der Waals surface area contributed by atoms with Gasteiger partial charge in [-0.25, -0.2) is 0 Å². The van der Waals surface area contributed by atoms with Gasteiger partial charge in [0.15, 0.2) is 11.5 Å². The van der Waals surface area contributed by atoms with Crippen molar-refractivity contribution in [2.45, 2.75) is 18.6 Å². The Morgan fingerprint density at radius 3 is 2.68 bits per heavy atom. The number of amides is 1. The maximum Gasteiger partial charge on any atom is 0.264 e. The molecule has 2 unspecified atom stereocenters. The van der Waals surface area contributed by atoms with Crippen molar-refractivity contribution in [2.24, 2.45) is 5.16 Å². The van der Waals surface area contributed by atoms with Gasteiger partial charge in [0.1, 0.15) is 12.7 Å². The molecule has 128 valence electrons. The normalized spacial score (nSPS) is 21.2. The molecule has 2 aliphatic rings. The van der Waals surface area contributed by atoms with Crippen LogP contribution >= 0.6 is 0 Å².